The van der Waals surface area contributed by atoms with Crippen molar-refractivity contribution in [3.05, 3.63) is 75.3 Å². The van der Waals surface area contributed by atoms with Gasteiger partial charge in [0.1, 0.15) is 0 Å². The van der Waals surface area contributed by atoms with Crippen LogP contribution in [0.4, 0.5) is 14.5 Å². The number of carbonyl (C=O) groups is 1. The minimum absolute atomic E-state index is 0. The number of rotatable bonds is 5. The predicted molar refractivity (Wildman–Crippen MR) is 103 cm³/mol. The summed E-state index contributed by atoms with van der Waals surface area (Å²) in [6, 6.07) is 9.44. The lowest BCUT2D eigenvalue weighted by Crippen LogP contribution is -2.50. The highest BCUT2D eigenvalue weighted by Gasteiger charge is 2.28. The molecule has 2 aromatic carbocycles. The van der Waals surface area contributed by atoms with Crippen molar-refractivity contribution in [2.75, 3.05) is 13.1 Å². The van der Waals surface area contributed by atoms with Crippen molar-refractivity contribution in [2.24, 2.45) is 0 Å². The third-order valence-corrected chi connectivity index (χ3v) is 4.69. The maximum absolute atomic E-state index is 13.6. The highest BCUT2D eigenvalue weighted by molar-refractivity contribution is 5.85. The number of carbonyl (C=O) groups excluding carboxylic acids is 1. The molecule has 2 atom stereocenters. The molecule has 28 heavy (non-hydrogen) atoms. The number of benzene rings is 2. The van der Waals surface area contributed by atoms with Gasteiger partial charge in [-0.2, -0.15) is 0 Å². The number of nitro groups is 1. The van der Waals surface area contributed by atoms with E-state index in [-0.39, 0.29) is 42.4 Å². The SMILES string of the molecule is Cl.O=C(Cc1cccc([N+](=O)[O-])c1)NC1CNCCC1c1ccc(F)c(F)c1. The minimum atomic E-state index is -0.910. The summed E-state index contributed by atoms with van der Waals surface area (Å²) in [5, 5.41) is 16.9. The number of nitrogens with one attached hydrogen (secondary N) is 2. The van der Waals surface area contributed by atoms with Gasteiger partial charge in [0, 0.05) is 30.6 Å². The van der Waals surface area contributed by atoms with E-state index in [1.807, 2.05) is 0 Å². The van der Waals surface area contributed by atoms with Crippen LogP contribution in [0.2, 0.25) is 0 Å². The quantitative estimate of drug-likeness (QED) is 0.585. The summed E-state index contributed by atoms with van der Waals surface area (Å²) < 4.78 is 26.8. The van der Waals surface area contributed by atoms with Crippen molar-refractivity contribution < 1.29 is 18.5 Å². The first-order valence-electron chi connectivity index (χ1n) is 8.62. The molecule has 0 saturated carbocycles. The Labute approximate surface area is 166 Å². The molecule has 0 bridgehead atoms. The molecule has 0 radical (unpaired) electrons. The maximum Gasteiger partial charge on any atom is 0.269 e. The van der Waals surface area contributed by atoms with E-state index in [0.29, 0.717) is 30.6 Å². The van der Waals surface area contributed by atoms with Gasteiger partial charge in [0.25, 0.3) is 5.69 Å². The van der Waals surface area contributed by atoms with Gasteiger partial charge in [-0.3, -0.25) is 14.9 Å². The van der Waals surface area contributed by atoms with Crippen LogP contribution in [-0.4, -0.2) is 30.0 Å². The lowest BCUT2D eigenvalue weighted by atomic mass is 9.86. The molecule has 3 rings (SSSR count). The van der Waals surface area contributed by atoms with Crippen LogP contribution in [-0.2, 0) is 11.2 Å². The van der Waals surface area contributed by atoms with Crippen molar-refractivity contribution in [1.82, 2.24) is 10.6 Å². The molecule has 150 valence electrons. The second-order valence-corrected chi connectivity index (χ2v) is 6.55. The summed E-state index contributed by atoms with van der Waals surface area (Å²) >= 11 is 0. The van der Waals surface area contributed by atoms with E-state index in [2.05, 4.69) is 10.6 Å². The van der Waals surface area contributed by atoms with Crippen molar-refractivity contribution in [1.29, 1.82) is 0 Å². The predicted octanol–water partition coefficient (Wildman–Crippen LogP) is 3.10. The van der Waals surface area contributed by atoms with Crippen LogP contribution in [0.15, 0.2) is 42.5 Å². The highest BCUT2D eigenvalue weighted by atomic mass is 35.5. The molecular weight excluding hydrogens is 392 g/mol. The molecule has 1 amide bonds. The monoisotopic (exact) mass is 411 g/mol. The summed E-state index contributed by atoms with van der Waals surface area (Å²) in [6.07, 6.45) is 0.676. The van der Waals surface area contributed by atoms with Crippen molar-refractivity contribution in [2.45, 2.75) is 24.8 Å². The smallest absolute Gasteiger partial charge is 0.269 e. The molecule has 1 heterocycles. The van der Waals surface area contributed by atoms with Crippen LogP contribution in [0, 0.1) is 21.7 Å². The van der Waals surface area contributed by atoms with E-state index in [1.54, 1.807) is 6.07 Å². The molecule has 2 N–H and O–H groups in total. The van der Waals surface area contributed by atoms with Crippen LogP contribution in [0.1, 0.15) is 23.5 Å². The first-order chi connectivity index (χ1) is 12.9. The zero-order valence-corrected chi connectivity index (χ0v) is 15.7. The van der Waals surface area contributed by atoms with Crippen LogP contribution < -0.4 is 10.6 Å². The molecule has 6 nitrogen and oxygen atoms in total. The largest absolute Gasteiger partial charge is 0.351 e. The average molecular weight is 412 g/mol. The molecule has 1 fully saturated rings. The average Bonchev–Trinajstić information content (AvgIpc) is 2.64. The Kier molecular flexibility index (Phi) is 7.42. The fourth-order valence-corrected chi connectivity index (χ4v) is 3.38. The summed E-state index contributed by atoms with van der Waals surface area (Å²) in [5.74, 6) is -2.24. The molecule has 0 aromatic heterocycles. The van der Waals surface area contributed by atoms with Gasteiger partial charge >= 0.3 is 0 Å². The third-order valence-electron chi connectivity index (χ3n) is 4.69. The third kappa shape index (κ3) is 5.24. The van der Waals surface area contributed by atoms with Gasteiger partial charge in [0.05, 0.1) is 11.3 Å². The van der Waals surface area contributed by atoms with Gasteiger partial charge < -0.3 is 10.6 Å². The lowest BCUT2D eigenvalue weighted by Gasteiger charge is -2.33. The number of piperidine rings is 1. The van der Waals surface area contributed by atoms with E-state index in [1.165, 1.54) is 30.3 Å². The Morgan fingerprint density at radius 1 is 1.21 bits per heavy atom. The molecule has 9 heteroatoms. The van der Waals surface area contributed by atoms with Crippen LogP contribution >= 0.6 is 12.4 Å². The highest BCUT2D eigenvalue weighted by Crippen LogP contribution is 2.27. The number of hydrogen-bond acceptors (Lipinski definition) is 4. The molecular formula is C19H20ClF2N3O3. The Balaban J connectivity index is 0.00000280. The molecule has 1 aliphatic rings. The lowest BCUT2D eigenvalue weighted by molar-refractivity contribution is -0.384. The Bertz CT molecular complexity index is 866. The van der Waals surface area contributed by atoms with Gasteiger partial charge in [-0.15, -0.1) is 12.4 Å². The summed E-state index contributed by atoms with van der Waals surface area (Å²) in [6.45, 7) is 1.21. The number of amides is 1. The van der Waals surface area contributed by atoms with Crippen molar-refractivity contribution in [3.63, 3.8) is 0 Å². The van der Waals surface area contributed by atoms with Crippen LogP contribution in [0.5, 0.6) is 0 Å². The minimum Gasteiger partial charge on any atom is -0.351 e. The fourth-order valence-electron chi connectivity index (χ4n) is 3.38. The summed E-state index contributed by atoms with van der Waals surface area (Å²) in [4.78, 5) is 22.8. The summed E-state index contributed by atoms with van der Waals surface area (Å²) in [5.41, 5.74) is 1.10. The fraction of sp³-hybridized carbons (Fsp3) is 0.316. The van der Waals surface area contributed by atoms with Crippen molar-refractivity contribution in [3.8, 4) is 0 Å². The van der Waals surface area contributed by atoms with Gasteiger partial charge in [0.2, 0.25) is 5.91 Å². The van der Waals surface area contributed by atoms with E-state index in [0.717, 1.165) is 6.07 Å². The molecule has 2 unspecified atom stereocenters. The standard InChI is InChI=1S/C19H19F2N3O3.ClH/c20-16-5-4-13(10-17(16)21)15-6-7-22-11-18(15)23-19(25)9-12-2-1-3-14(8-12)24(26)27;/h1-5,8,10,15,18,22H,6-7,9,11H2,(H,23,25);1H. The zero-order valence-electron chi connectivity index (χ0n) is 14.9. The number of hydrogen-bond donors (Lipinski definition) is 2. The first-order valence-corrected chi connectivity index (χ1v) is 8.62. The number of non-ortho nitro benzene ring substituents is 1. The van der Waals surface area contributed by atoms with Gasteiger partial charge in [-0.05, 0) is 36.2 Å². The first kappa shape index (κ1) is 21.7. The van der Waals surface area contributed by atoms with Gasteiger partial charge in [-0.1, -0.05) is 18.2 Å². The second kappa shape index (κ2) is 9.57. The molecule has 0 spiro atoms. The Morgan fingerprint density at radius 2 is 2.00 bits per heavy atom. The van der Waals surface area contributed by atoms with E-state index < -0.39 is 16.6 Å². The number of nitrogens with zero attached hydrogens (tertiary/aromatic N) is 1. The van der Waals surface area contributed by atoms with Crippen LogP contribution in [0.25, 0.3) is 0 Å². The zero-order chi connectivity index (χ0) is 19.4. The second-order valence-electron chi connectivity index (χ2n) is 6.55. The topological polar surface area (TPSA) is 84.3 Å². The molecule has 2 aromatic rings. The number of halogens is 3. The van der Waals surface area contributed by atoms with Gasteiger partial charge in [-0.25, -0.2) is 8.78 Å². The Morgan fingerprint density at radius 3 is 2.71 bits per heavy atom. The Hall–Kier alpha value is -2.58. The molecule has 1 saturated heterocycles. The van der Waals surface area contributed by atoms with E-state index >= 15 is 0 Å². The normalized spacial score (nSPS) is 18.8. The molecule has 0 aliphatic carbocycles. The number of nitro benzene ring substituents is 1. The summed E-state index contributed by atoms with van der Waals surface area (Å²) in [7, 11) is 0. The maximum atomic E-state index is 13.6. The van der Waals surface area contributed by atoms with E-state index in [4.69, 9.17) is 0 Å². The molecule has 1 aliphatic heterocycles. The van der Waals surface area contributed by atoms with Gasteiger partial charge in [0.15, 0.2) is 11.6 Å². The van der Waals surface area contributed by atoms with Crippen molar-refractivity contribution >= 4 is 24.0 Å². The van der Waals surface area contributed by atoms with Crippen LogP contribution in [0.3, 0.4) is 0 Å². The van der Waals surface area contributed by atoms with E-state index in [9.17, 15) is 23.7 Å².